The monoisotopic (exact) mass is 537 g/mol. The average molecular weight is 538 g/mol. The molecule has 0 saturated carbocycles. The quantitative estimate of drug-likeness (QED) is 0.161. The number of nitro benzene ring substituents is 1. The lowest BCUT2D eigenvalue weighted by atomic mass is 9.95. The first-order valence-corrected chi connectivity index (χ1v) is 13.8. The summed E-state index contributed by atoms with van der Waals surface area (Å²) in [5.41, 5.74) is 8.17. The summed E-state index contributed by atoms with van der Waals surface area (Å²) >= 11 is 1.13. The zero-order chi connectivity index (χ0) is 26.7. The number of piperidine rings is 2. The third-order valence-electron chi connectivity index (χ3n) is 7.75. The van der Waals surface area contributed by atoms with Crippen LogP contribution in [-0.2, 0) is 0 Å². The van der Waals surface area contributed by atoms with Gasteiger partial charge in [-0.2, -0.15) is 0 Å². The minimum absolute atomic E-state index is 0.0846. The van der Waals surface area contributed by atoms with E-state index in [1.165, 1.54) is 76.2 Å². The van der Waals surface area contributed by atoms with Gasteiger partial charge in [-0.1, -0.05) is 11.3 Å². The van der Waals surface area contributed by atoms with Crippen molar-refractivity contribution in [2.75, 3.05) is 44.3 Å². The summed E-state index contributed by atoms with van der Waals surface area (Å²) in [7, 11) is 1.34. The predicted molar refractivity (Wildman–Crippen MR) is 151 cm³/mol. The van der Waals surface area contributed by atoms with Crippen LogP contribution in [0.2, 0.25) is 0 Å². The van der Waals surface area contributed by atoms with Gasteiger partial charge >= 0.3 is 5.69 Å². The van der Waals surface area contributed by atoms with E-state index in [1.807, 2.05) is 0 Å². The van der Waals surface area contributed by atoms with Gasteiger partial charge in [0.1, 0.15) is 16.4 Å². The topological polar surface area (TPSA) is 132 Å². The number of carbonyl (C=O) groups is 1. The zero-order valence-electron chi connectivity index (χ0n) is 21.4. The predicted octanol–water partition coefficient (Wildman–Crippen LogP) is 4.86. The molecule has 2 aliphatic rings. The van der Waals surface area contributed by atoms with Crippen LogP contribution in [0.4, 0.5) is 28.0 Å². The molecule has 5 rings (SSSR count). The molecule has 200 valence electrons. The van der Waals surface area contributed by atoms with Crippen LogP contribution < -0.4 is 25.6 Å². The van der Waals surface area contributed by atoms with Crippen molar-refractivity contribution in [1.82, 2.24) is 14.8 Å². The van der Waals surface area contributed by atoms with E-state index in [0.717, 1.165) is 34.6 Å². The van der Waals surface area contributed by atoms with E-state index < -0.39 is 10.7 Å². The molecule has 0 atom stereocenters. The van der Waals surface area contributed by atoms with Crippen LogP contribution >= 0.6 is 11.3 Å². The van der Waals surface area contributed by atoms with Crippen LogP contribution in [-0.4, -0.2) is 55.0 Å². The molecule has 0 spiro atoms. The van der Waals surface area contributed by atoms with Crippen molar-refractivity contribution >= 4 is 45.1 Å². The number of nitro groups is 1. The zero-order valence-corrected chi connectivity index (χ0v) is 22.3. The Bertz CT molecular complexity index is 1310. The fraction of sp³-hybridized carbons (Fsp3) is 0.407. The molecule has 0 bridgehead atoms. The molecule has 2 aliphatic heterocycles. The highest BCUT2D eigenvalue weighted by Gasteiger charge is 2.40. The molecule has 10 nitrogen and oxygen atoms in total. The van der Waals surface area contributed by atoms with Gasteiger partial charge in [0.15, 0.2) is 10.9 Å². The molecule has 2 saturated heterocycles. The number of nitrogen functional groups attached to an aromatic ring is 1. The van der Waals surface area contributed by atoms with Crippen LogP contribution in [0.25, 0.3) is 0 Å². The highest BCUT2D eigenvalue weighted by atomic mass is 32.1. The van der Waals surface area contributed by atoms with Crippen LogP contribution in [0.3, 0.4) is 0 Å². The lowest BCUT2D eigenvalue weighted by Gasteiger charge is -2.48. The number of thiazole rings is 1. The van der Waals surface area contributed by atoms with Crippen molar-refractivity contribution < 1.29 is 14.5 Å². The molecule has 1 aromatic heterocycles. The molecule has 3 heterocycles. The number of quaternary nitrogens is 1. The molecule has 38 heavy (non-hydrogen) atoms. The second kappa shape index (κ2) is 11.1. The van der Waals surface area contributed by atoms with Gasteiger partial charge in [-0.3, -0.25) is 19.4 Å². The Morgan fingerprint density at radius 3 is 2.53 bits per heavy atom. The number of nitrogens with zero attached hydrogens (tertiary/aromatic N) is 3. The Morgan fingerprint density at radius 1 is 1.16 bits per heavy atom. The second-order valence-electron chi connectivity index (χ2n) is 9.90. The normalized spacial score (nSPS) is 17.6. The van der Waals surface area contributed by atoms with Crippen molar-refractivity contribution in [3.8, 4) is 5.75 Å². The summed E-state index contributed by atoms with van der Waals surface area (Å²) in [5, 5.41) is 18.6. The average Bonchev–Trinajstić information content (AvgIpc) is 3.33. The summed E-state index contributed by atoms with van der Waals surface area (Å²) in [6, 6.07) is 13.3. The first kappa shape index (κ1) is 26.1. The van der Waals surface area contributed by atoms with Crippen LogP contribution in [0.5, 0.6) is 5.75 Å². The van der Waals surface area contributed by atoms with Gasteiger partial charge < -0.3 is 21.1 Å². The highest BCUT2D eigenvalue weighted by Crippen LogP contribution is 2.37. The fourth-order valence-electron chi connectivity index (χ4n) is 5.83. The van der Waals surface area contributed by atoms with E-state index in [4.69, 9.17) is 10.5 Å². The van der Waals surface area contributed by atoms with E-state index in [1.54, 1.807) is 0 Å². The minimum Gasteiger partial charge on any atom is -0.490 e. The first-order valence-electron chi connectivity index (χ1n) is 13.0. The Balaban J connectivity index is 1.34. The number of anilines is 3. The molecule has 2 fully saturated rings. The van der Waals surface area contributed by atoms with E-state index in [9.17, 15) is 14.9 Å². The summed E-state index contributed by atoms with van der Waals surface area (Å²) in [4.78, 5) is 28.5. The summed E-state index contributed by atoms with van der Waals surface area (Å²) in [5.74, 6) is -0.252. The van der Waals surface area contributed by atoms with Crippen molar-refractivity contribution in [2.45, 2.75) is 38.1 Å². The molecule has 0 amide bonds. The van der Waals surface area contributed by atoms with Gasteiger partial charge in [-0.05, 0) is 43.5 Å². The van der Waals surface area contributed by atoms with Crippen LogP contribution in [0, 0.1) is 10.1 Å². The molecular formula is C27H33N6O4S+. The molecule has 11 heteroatoms. The number of carbonyl (C=O) groups excluding carboxylic acids is 1. The van der Waals surface area contributed by atoms with E-state index >= 15 is 0 Å². The molecular weight excluding hydrogens is 504 g/mol. The Kier molecular flexibility index (Phi) is 7.59. The number of ether oxygens (including phenoxy) is 1. The minimum atomic E-state index is -0.580. The molecule has 0 aliphatic carbocycles. The summed E-state index contributed by atoms with van der Waals surface area (Å²) < 4.78 is 6.10. The van der Waals surface area contributed by atoms with Crippen molar-refractivity contribution in [3.63, 3.8) is 0 Å². The van der Waals surface area contributed by atoms with Crippen molar-refractivity contribution in [1.29, 1.82) is 0 Å². The van der Waals surface area contributed by atoms with Gasteiger partial charge in [0.2, 0.25) is 5.78 Å². The van der Waals surface area contributed by atoms with Crippen LogP contribution in [0.15, 0.2) is 42.5 Å². The number of methoxy groups -OCH3 is 1. The number of hydrogen-bond donors (Lipinski definition) is 3. The standard InChI is InChI=1S/C27H32N6O4S/c1-37-23-10-5-18(17-22(23)32(35)36)24(34)25-26(28)31-27(38-25)30-19-6-8-20(9-7-19)33(15-3-2-4-16-33)21-11-13-29-14-12-21/h5-10,17,21,29H,2-4,11-16H2,1H3,(H2-,28,30,31,34)/p+1. The Labute approximate surface area is 225 Å². The second-order valence-corrected chi connectivity index (χ2v) is 10.9. The maximum Gasteiger partial charge on any atom is 0.311 e. The number of nitrogens with one attached hydrogen (secondary N) is 2. The molecule has 0 radical (unpaired) electrons. The SMILES string of the molecule is COc1ccc(C(=O)c2sc(Nc3ccc([N+]4(C5CCNCC5)CCCCC4)cc3)nc2N)cc1[N+](=O)[O-]. The molecule has 0 unspecified atom stereocenters. The molecule has 4 N–H and O–H groups in total. The van der Waals surface area contributed by atoms with Gasteiger partial charge in [0.25, 0.3) is 0 Å². The van der Waals surface area contributed by atoms with Gasteiger partial charge in [0.05, 0.1) is 31.2 Å². The number of rotatable bonds is 8. The van der Waals surface area contributed by atoms with Gasteiger partial charge in [-0.25, -0.2) is 4.98 Å². The smallest absolute Gasteiger partial charge is 0.311 e. The maximum atomic E-state index is 13.1. The summed E-state index contributed by atoms with van der Waals surface area (Å²) in [6.45, 7) is 4.55. The van der Waals surface area contributed by atoms with Gasteiger partial charge in [-0.15, -0.1) is 0 Å². The van der Waals surface area contributed by atoms with Crippen molar-refractivity contribution in [3.05, 3.63) is 63.0 Å². The Hall–Kier alpha value is -3.54. The highest BCUT2D eigenvalue weighted by molar-refractivity contribution is 7.18. The first-order chi connectivity index (χ1) is 18.4. The number of aromatic nitrogens is 1. The van der Waals surface area contributed by atoms with E-state index in [-0.39, 0.29) is 27.7 Å². The number of hydrogen-bond acceptors (Lipinski definition) is 9. The molecule has 3 aromatic rings. The largest absolute Gasteiger partial charge is 0.490 e. The van der Waals surface area contributed by atoms with E-state index in [0.29, 0.717) is 11.2 Å². The van der Waals surface area contributed by atoms with Crippen molar-refractivity contribution in [2.24, 2.45) is 0 Å². The Morgan fingerprint density at radius 2 is 1.87 bits per heavy atom. The third kappa shape index (κ3) is 5.09. The number of nitrogens with two attached hydrogens (primary N) is 1. The lowest BCUT2D eigenvalue weighted by Crippen LogP contribution is -2.62. The van der Waals surface area contributed by atoms with Crippen LogP contribution in [0.1, 0.15) is 47.3 Å². The summed E-state index contributed by atoms with van der Waals surface area (Å²) in [6.07, 6.45) is 6.23. The van der Waals surface area contributed by atoms with E-state index in [2.05, 4.69) is 39.9 Å². The number of benzene rings is 2. The molecule has 2 aromatic carbocycles. The third-order valence-corrected chi connectivity index (χ3v) is 8.74. The number of likely N-dealkylation sites (tertiary alicyclic amines) is 1. The maximum absolute atomic E-state index is 13.1. The number of ketones is 1. The lowest BCUT2D eigenvalue weighted by molar-refractivity contribution is -0.385. The fourth-order valence-corrected chi connectivity index (χ4v) is 6.70. The van der Waals surface area contributed by atoms with Gasteiger partial charge in [0, 0.05) is 55.4 Å².